The van der Waals surface area contributed by atoms with Crippen LogP contribution in [0.2, 0.25) is 0 Å². The zero-order valence-corrected chi connectivity index (χ0v) is 58.4. The Morgan fingerprint density at radius 3 is 1.67 bits per heavy atom. The first-order valence-corrected chi connectivity index (χ1v) is 36.5. The summed E-state index contributed by atoms with van der Waals surface area (Å²) < 4.78 is 0. The summed E-state index contributed by atoms with van der Waals surface area (Å²) in [6, 6.07) is -11.4. The van der Waals surface area contributed by atoms with Crippen LogP contribution in [0.1, 0.15) is 115 Å². The number of fused-ring (bicyclic) bond motifs is 8. The van der Waals surface area contributed by atoms with Crippen LogP contribution in [0.3, 0.4) is 0 Å². The van der Waals surface area contributed by atoms with Gasteiger partial charge in [0.25, 0.3) is 0 Å². The van der Waals surface area contributed by atoms with Crippen molar-refractivity contribution in [3.05, 3.63) is 34.9 Å². The number of thioether (sulfide) groups is 3. The van der Waals surface area contributed by atoms with Crippen molar-refractivity contribution in [2.75, 3.05) is 56.6 Å². The van der Waals surface area contributed by atoms with Gasteiger partial charge >= 0.3 is 5.97 Å². The number of aliphatic hydroxyl groups is 2. The molecule has 4 bridgehead atoms. The molecule has 0 unspecified atom stereocenters. The van der Waals surface area contributed by atoms with Crippen molar-refractivity contribution in [2.24, 2.45) is 33.8 Å². The lowest BCUT2D eigenvalue weighted by molar-refractivity contribution is -0.148. The molecule has 3 fully saturated rings. The fourth-order valence-corrected chi connectivity index (χ4v) is 15.0. The molecule has 1 aromatic carbocycles. The number of guanidine groups is 1. The summed E-state index contributed by atoms with van der Waals surface area (Å²) >= 11 is 3.52. The Kier molecular flexibility index (Phi) is 31.1. The van der Waals surface area contributed by atoms with E-state index >= 15 is 4.79 Å². The molecule has 37 heteroatoms. The molecule has 3 saturated heterocycles. The van der Waals surface area contributed by atoms with Crippen LogP contribution in [0, 0.1) is 5.92 Å². The summed E-state index contributed by atoms with van der Waals surface area (Å²) in [7, 11) is 0. The number of carbonyl (C=O) groups excluding carboxylic acids is 13. The van der Waals surface area contributed by atoms with Crippen molar-refractivity contribution in [3.63, 3.8) is 0 Å². The number of nitrogens with two attached hydrogens (primary N) is 4. The van der Waals surface area contributed by atoms with Gasteiger partial charge in [0.2, 0.25) is 76.8 Å². The third kappa shape index (κ3) is 23.8. The van der Waals surface area contributed by atoms with Crippen molar-refractivity contribution >= 4 is 124 Å². The molecule has 0 aliphatic carbocycles. The molecule has 6 rings (SSSR count). The Hall–Kier alpha value is -8.00. The van der Waals surface area contributed by atoms with Crippen LogP contribution in [0.5, 0.6) is 0 Å². The second-order valence-corrected chi connectivity index (χ2v) is 28.7. The third-order valence-electron chi connectivity index (χ3n) is 17.1. The Morgan fingerprint density at radius 2 is 1.11 bits per heavy atom. The van der Waals surface area contributed by atoms with Gasteiger partial charge in [-0.2, -0.15) is 35.3 Å². The fourth-order valence-electron chi connectivity index (χ4n) is 12.1. The zero-order chi connectivity index (χ0) is 72.8. The molecule has 548 valence electrons. The molecule has 0 aromatic heterocycles. The second-order valence-electron chi connectivity index (χ2n) is 25.6. The molecule has 13 amide bonds. The molecule has 5 heterocycles. The summed E-state index contributed by atoms with van der Waals surface area (Å²) in [4.78, 5) is 205. The number of aliphatic carboxylic acids is 1. The number of nitrogens with zero attached hydrogens (tertiary/aromatic N) is 4. The number of benzene rings is 1. The molecule has 1 aromatic rings. The summed E-state index contributed by atoms with van der Waals surface area (Å²) in [5.74, 6) is -12.9. The highest BCUT2D eigenvalue weighted by molar-refractivity contribution is 7.99. The minimum absolute atomic E-state index is 0.0297. The highest BCUT2D eigenvalue weighted by Crippen LogP contribution is 2.29. The molecule has 34 nitrogen and oxygen atoms in total. The quantitative estimate of drug-likeness (QED) is 0.0417. The van der Waals surface area contributed by atoms with Crippen molar-refractivity contribution in [1.29, 1.82) is 0 Å². The van der Waals surface area contributed by atoms with Crippen LogP contribution < -0.4 is 70.8 Å². The second kappa shape index (κ2) is 38.5. The predicted molar refractivity (Wildman–Crippen MR) is 365 cm³/mol. The van der Waals surface area contributed by atoms with E-state index in [9.17, 15) is 77.6 Å². The number of carboxylic acid groups (broad SMARTS) is 1. The lowest BCUT2D eigenvalue weighted by Crippen LogP contribution is -2.62. The Balaban J connectivity index is 1.48. The Bertz CT molecular complexity index is 3160. The minimum Gasteiger partial charge on any atom is -0.480 e. The lowest BCUT2D eigenvalue weighted by atomic mass is 10.0. The molecular weight excluding hydrogens is 1350 g/mol. The van der Waals surface area contributed by atoms with E-state index in [1.807, 2.05) is 18.2 Å². The monoisotopic (exact) mass is 1450 g/mol. The molecular formula is C62H95N17O17S3. The zero-order valence-electron chi connectivity index (χ0n) is 56.0. The third-order valence-corrected chi connectivity index (χ3v) is 20.4. The predicted octanol–water partition coefficient (Wildman–Crippen LogP) is -5.45. The topological polar surface area (TPSA) is 534 Å². The van der Waals surface area contributed by atoms with Gasteiger partial charge in [-0.05, 0) is 101 Å². The number of hydrogen-bond donors (Lipinski definition) is 16. The van der Waals surface area contributed by atoms with Gasteiger partial charge in [0.05, 0.1) is 18.8 Å². The molecule has 5 aliphatic heterocycles. The maximum Gasteiger partial charge on any atom is 0.322 e. The van der Waals surface area contributed by atoms with Gasteiger partial charge in [-0.15, -0.1) is 0 Å². The van der Waals surface area contributed by atoms with Gasteiger partial charge in [-0.3, -0.25) is 72.1 Å². The smallest absolute Gasteiger partial charge is 0.322 e. The van der Waals surface area contributed by atoms with Crippen LogP contribution in [-0.2, 0) is 84.4 Å². The number of carboxylic acids is 1. The number of amides is 13. The van der Waals surface area contributed by atoms with Gasteiger partial charge in [0, 0.05) is 67.1 Å². The van der Waals surface area contributed by atoms with E-state index in [1.54, 1.807) is 13.8 Å². The fraction of sp³-hybridized carbons (Fsp3) is 0.661. The van der Waals surface area contributed by atoms with Crippen LogP contribution in [0.25, 0.3) is 0 Å². The first-order chi connectivity index (χ1) is 47.0. The maximum absolute atomic E-state index is 15.3. The van der Waals surface area contributed by atoms with Crippen LogP contribution in [0.4, 0.5) is 0 Å². The van der Waals surface area contributed by atoms with Crippen molar-refractivity contribution in [2.45, 2.75) is 194 Å². The molecule has 13 atom stereocenters. The van der Waals surface area contributed by atoms with Gasteiger partial charge in [-0.25, -0.2) is 0 Å². The molecule has 0 saturated carbocycles. The van der Waals surface area contributed by atoms with Crippen LogP contribution in [0.15, 0.2) is 23.2 Å². The van der Waals surface area contributed by atoms with E-state index in [0.717, 1.165) is 6.92 Å². The summed E-state index contributed by atoms with van der Waals surface area (Å²) in [6.07, 6.45) is -1.09. The minimum atomic E-state index is -1.83. The van der Waals surface area contributed by atoms with E-state index in [4.69, 9.17) is 22.9 Å². The van der Waals surface area contributed by atoms with E-state index in [1.165, 1.54) is 56.9 Å². The van der Waals surface area contributed by atoms with Gasteiger partial charge in [-0.1, -0.05) is 32.0 Å². The number of aliphatic imine (C=N–C) groups is 1. The number of rotatable bonds is 16. The molecule has 99 heavy (non-hydrogen) atoms. The Morgan fingerprint density at radius 1 is 0.606 bits per heavy atom. The first kappa shape index (κ1) is 80.0. The highest BCUT2D eigenvalue weighted by atomic mass is 32.2. The molecule has 20 N–H and O–H groups in total. The normalized spacial score (nSPS) is 27.1. The summed E-state index contributed by atoms with van der Waals surface area (Å²) in [6.45, 7) is 4.41. The summed E-state index contributed by atoms with van der Waals surface area (Å²) in [5.41, 5.74) is 24.6. The van der Waals surface area contributed by atoms with Crippen LogP contribution >= 0.6 is 35.3 Å². The standard InChI is InChI=1S/C62H95N17O17S3/c1-31(2)19-39-59(94)79-18-8-12-46(79)61(96)78-17-7-11-45(78)57(92)74-41(51(86)68-23-48(83)84)28-97-25-34-20-35-22-36(21-34)27-99-30-43(60(95)77-16-6-10-44(77)56(91)70-38(53(88)71-39)13-14-47(64)82)75-52(87)37(9-5-15-67-62(65)66)69-54(89)40(24-80)72-58(93)49(33(4)81)76-55(90)42(29-98-26-35)73-50(85)32(3)63/h20-22,31-33,37-46,49,80-81H,5-19,23-30,63H2,1-4H3,(H2,64,82)(H,68,86)(H,69,89)(H,70,91)(H,71,88)(H,72,93)(H,73,85)(H,74,92)(H,75,87)(H,76,90)(H,83,84)(H4,65,66,67)/t32-,33+,37-,38-,39-,40-,41-,42-,43-,44-,45-,46-,49-/m0/s1. The van der Waals surface area contributed by atoms with E-state index < -0.39 is 181 Å². The SMILES string of the molecule is CC(C)C[C@@H]1NC(=O)[C@H](CCC(N)=O)NC(=O)[C@@H]2CCCN2C(=O)[C@@H]2CSCc3cc(cc(c3)CSC[C@@H](C(=O)NCC(=O)O)NC(=O)[C@@H]3CCCN3C(=O)[C@@H]3CCCN3C1=O)CSC[C@H](NC(=O)[C@H](C)N)C(=O)N[C@@H]([C@@H](C)O)C(=O)N[C@@H](CO)C(=O)N[C@@H](CCCN=C(N)N)C(=O)N2. The van der Waals surface area contributed by atoms with Crippen molar-refractivity contribution < 1.29 is 82.4 Å². The van der Waals surface area contributed by atoms with E-state index in [0.29, 0.717) is 29.5 Å². The summed E-state index contributed by atoms with van der Waals surface area (Å²) in [5, 5.41) is 54.1. The van der Waals surface area contributed by atoms with Crippen molar-refractivity contribution in [1.82, 2.24) is 62.6 Å². The largest absolute Gasteiger partial charge is 0.480 e. The number of nitrogens with one attached hydrogen (secondary N) is 9. The van der Waals surface area contributed by atoms with Gasteiger partial charge < -0.3 is 101 Å². The first-order valence-electron chi connectivity index (χ1n) is 33.0. The lowest BCUT2D eigenvalue weighted by Gasteiger charge is -2.34. The Labute approximate surface area is 585 Å². The molecule has 5 aliphatic rings. The molecule has 0 radical (unpaired) electrons. The molecule has 0 spiro atoms. The van der Waals surface area contributed by atoms with Gasteiger partial charge in [0.15, 0.2) is 5.96 Å². The average Bonchev–Trinajstić information content (AvgIpc) is 1.68. The highest BCUT2D eigenvalue weighted by Gasteiger charge is 2.46. The van der Waals surface area contributed by atoms with E-state index in [2.05, 4.69) is 52.8 Å². The van der Waals surface area contributed by atoms with Gasteiger partial charge in [0.1, 0.15) is 73.0 Å². The maximum atomic E-state index is 15.3. The number of aliphatic hydroxyl groups excluding tert-OH is 2. The number of primary amides is 1. The number of hydrogen-bond acceptors (Lipinski definition) is 21. The van der Waals surface area contributed by atoms with Crippen molar-refractivity contribution in [3.8, 4) is 0 Å². The average molecular weight is 1450 g/mol. The number of carbonyl (C=O) groups is 14. The van der Waals surface area contributed by atoms with E-state index in [-0.39, 0.29) is 124 Å². The van der Waals surface area contributed by atoms with Crippen LogP contribution in [-0.4, -0.2) is 254 Å².